The fourth-order valence-corrected chi connectivity index (χ4v) is 3.43. The van der Waals surface area contributed by atoms with Crippen LogP contribution in [0.25, 0.3) is 0 Å². The van der Waals surface area contributed by atoms with Gasteiger partial charge in [0.15, 0.2) is 11.6 Å². The van der Waals surface area contributed by atoms with E-state index in [1.54, 1.807) is 12.1 Å². The third-order valence-electron chi connectivity index (χ3n) is 4.71. The highest BCUT2D eigenvalue weighted by atomic mass is 19.4. The number of hydrogen-bond acceptors (Lipinski definition) is 6. The van der Waals surface area contributed by atoms with Crippen LogP contribution in [0.3, 0.4) is 0 Å². The van der Waals surface area contributed by atoms with Gasteiger partial charge in [0.2, 0.25) is 0 Å². The number of alkyl halides is 3. The summed E-state index contributed by atoms with van der Waals surface area (Å²) in [6.07, 6.45) is 0.578. The van der Waals surface area contributed by atoms with Crippen molar-refractivity contribution in [3.05, 3.63) is 72.3 Å². The second-order valence-corrected chi connectivity index (χ2v) is 6.75. The van der Waals surface area contributed by atoms with Crippen LogP contribution in [0, 0.1) is 5.82 Å². The van der Waals surface area contributed by atoms with Gasteiger partial charge in [-0.15, -0.1) is 13.2 Å². The van der Waals surface area contributed by atoms with E-state index in [0.29, 0.717) is 11.4 Å². The highest BCUT2D eigenvalue weighted by Gasteiger charge is 2.43. The molecular weight excluding hydrogens is 434 g/mol. The first kappa shape index (κ1) is 21.3. The zero-order valence-corrected chi connectivity index (χ0v) is 16.2. The number of fused-ring (bicyclic) bond motifs is 1. The van der Waals surface area contributed by atoms with Gasteiger partial charge in [-0.2, -0.15) is 0 Å². The molecule has 1 aromatic carbocycles. The number of halogens is 4. The van der Waals surface area contributed by atoms with Crippen molar-refractivity contribution in [2.45, 2.75) is 18.3 Å². The average molecular weight is 449 g/mol. The maximum absolute atomic E-state index is 14.5. The molecule has 2 N–H and O–H groups in total. The Labute approximate surface area is 178 Å². The molecule has 0 fully saturated rings. The van der Waals surface area contributed by atoms with Crippen LogP contribution in [0.5, 0.6) is 11.5 Å². The molecule has 0 radical (unpaired) electrons. The lowest BCUT2D eigenvalue weighted by Crippen LogP contribution is -2.51. The summed E-state index contributed by atoms with van der Waals surface area (Å²) >= 11 is 0. The van der Waals surface area contributed by atoms with E-state index in [2.05, 4.69) is 30.3 Å². The number of pyridine rings is 1. The van der Waals surface area contributed by atoms with Gasteiger partial charge in [0.25, 0.3) is 0 Å². The van der Waals surface area contributed by atoms with Gasteiger partial charge in [-0.3, -0.25) is 4.98 Å². The maximum Gasteiger partial charge on any atom is 0.573 e. The number of carbonyl (C=O) groups is 1. The largest absolute Gasteiger partial charge is 0.573 e. The molecule has 166 valence electrons. The zero-order valence-electron chi connectivity index (χ0n) is 16.2. The summed E-state index contributed by atoms with van der Waals surface area (Å²) in [6, 6.07) is 5.52. The molecule has 0 saturated heterocycles. The quantitative estimate of drug-likeness (QED) is 0.589. The molecule has 4 rings (SSSR count). The number of anilines is 1. The number of ether oxygens (including phenoxy) is 2. The van der Waals surface area contributed by atoms with Crippen molar-refractivity contribution in [3.63, 3.8) is 0 Å². The van der Waals surface area contributed by atoms with Gasteiger partial charge < -0.3 is 20.1 Å². The van der Waals surface area contributed by atoms with Crippen LogP contribution in [-0.2, 0) is 5.54 Å². The molecular formula is C20H15F4N5O3. The van der Waals surface area contributed by atoms with Crippen molar-refractivity contribution >= 4 is 11.7 Å². The number of aromatic nitrogens is 3. The van der Waals surface area contributed by atoms with Gasteiger partial charge in [-0.25, -0.2) is 19.2 Å². The molecule has 3 heterocycles. The van der Waals surface area contributed by atoms with Crippen molar-refractivity contribution in [1.29, 1.82) is 0 Å². The summed E-state index contributed by atoms with van der Waals surface area (Å²) in [5.74, 6) is -1.89. The van der Waals surface area contributed by atoms with E-state index >= 15 is 0 Å². The second kappa shape index (κ2) is 8.29. The van der Waals surface area contributed by atoms with Crippen LogP contribution >= 0.6 is 0 Å². The molecule has 1 aliphatic heterocycles. The van der Waals surface area contributed by atoms with Crippen LogP contribution in [0.2, 0.25) is 0 Å². The van der Waals surface area contributed by atoms with Crippen LogP contribution < -0.4 is 20.1 Å². The van der Waals surface area contributed by atoms with Gasteiger partial charge in [0, 0.05) is 12.6 Å². The van der Waals surface area contributed by atoms with Crippen LogP contribution in [0.4, 0.5) is 28.0 Å². The Hall–Kier alpha value is -3.96. The normalized spacial score (nSPS) is 17.6. The first-order valence-corrected chi connectivity index (χ1v) is 9.25. The number of rotatable bonds is 4. The Kier molecular flexibility index (Phi) is 5.51. The summed E-state index contributed by atoms with van der Waals surface area (Å²) in [4.78, 5) is 24.7. The third kappa shape index (κ3) is 4.38. The molecule has 32 heavy (non-hydrogen) atoms. The van der Waals surface area contributed by atoms with E-state index in [1.807, 2.05) is 0 Å². The summed E-state index contributed by atoms with van der Waals surface area (Å²) in [7, 11) is 0. The number of nitrogens with zero attached hydrogens (tertiary/aromatic N) is 3. The van der Waals surface area contributed by atoms with E-state index in [1.165, 1.54) is 31.0 Å². The van der Waals surface area contributed by atoms with E-state index in [4.69, 9.17) is 4.74 Å². The Morgan fingerprint density at radius 3 is 2.69 bits per heavy atom. The minimum absolute atomic E-state index is 0.134. The Bertz CT molecular complexity index is 1130. The standard InChI is InChI=1S/C20H15F4N5O3/c21-14-8-12(3-4-15(14)32-20(22,23)24)19(5-7-31-16-2-1-6-27-17(16)19)29-18(30)28-13-9-25-11-26-10-13/h1-4,6,8-11H,5,7H2,(H2,28,29,30)/t19-/m0/s1. The van der Waals surface area contributed by atoms with E-state index in [9.17, 15) is 22.4 Å². The zero-order chi connectivity index (χ0) is 22.8. The fourth-order valence-electron chi connectivity index (χ4n) is 3.43. The lowest BCUT2D eigenvalue weighted by molar-refractivity contribution is -0.275. The highest BCUT2D eigenvalue weighted by Crippen LogP contribution is 2.41. The number of benzene rings is 1. The summed E-state index contributed by atoms with van der Waals surface area (Å²) < 4.78 is 61.5. The predicted octanol–water partition coefficient (Wildman–Crippen LogP) is 3.76. The van der Waals surface area contributed by atoms with Crippen molar-refractivity contribution in [2.75, 3.05) is 11.9 Å². The predicted molar refractivity (Wildman–Crippen MR) is 102 cm³/mol. The molecule has 2 amide bonds. The molecule has 12 heteroatoms. The van der Waals surface area contributed by atoms with Crippen molar-refractivity contribution in [3.8, 4) is 11.5 Å². The monoisotopic (exact) mass is 449 g/mol. The van der Waals surface area contributed by atoms with Gasteiger partial charge in [0.1, 0.15) is 23.3 Å². The number of hydrogen-bond donors (Lipinski definition) is 2. The topological polar surface area (TPSA) is 98.3 Å². The first-order valence-electron chi connectivity index (χ1n) is 9.25. The lowest BCUT2D eigenvalue weighted by Gasteiger charge is -2.38. The first-order chi connectivity index (χ1) is 15.3. The number of urea groups is 1. The van der Waals surface area contributed by atoms with Crippen molar-refractivity contribution < 1.29 is 31.8 Å². The molecule has 1 aliphatic rings. The lowest BCUT2D eigenvalue weighted by atomic mass is 9.81. The Morgan fingerprint density at radius 2 is 1.97 bits per heavy atom. The van der Waals surface area contributed by atoms with Crippen LogP contribution in [-0.4, -0.2) is 34.0 Å². The molecule has 8 nitrogen and oxygen atoms in total. The second-order valence-electron chi connectivity index (χ2n) is 6.75. The van der Waals surface area contributed by atoms with Gasteiger partial charge in [-0.1, -0.05) is 6.07 Å². The van der Waals surface area contributed by atoms with Crippen LogP contribution in [0.1, 0.15) is 17.7 Å². The molecule has 0 unspecified atom stereocenters. The molecule has 2 aromatic heterocycles. The van der Waals surface area contributed by atoms with E-state index in [-0.39, 0.29) is 24.3 Å². The molecule has 0 aliphatic carbocycles. The molecule has 0 bridgehead atoms. The average Bonchev–Trinajstić information content (AvgIpc) is 2.75. The molecule has 1 atom stereocenters. The van der Waals surface area contributed by atoms with Crippen molar-refractivity contribution in [2.24, 2.45) is 0 Å². The Balaban J connectivity index is 1.74. The minimum atomic E-state index is -5.05. The summed E-state index contributed by atoms with van der Waals surface area (Å²) in [6.45, 7) is 0.135. The number of nitrogens with one attached hydrogen (secondary N) is 2. The summed E-state index contributed by atoms with van der Waals surface area (Å²) in [5, 5.41) is 5.33. The summed E-state index contributed by atoms with van der Waals surface area (Å²) in [5.41, 5.74) is -0.665. The minimum Gasteiger partial charge on any atom is -0.491 e. The number of carbonyl (C=O) groups excluding carboxylic acids is 1. The number of amides is 2. The van der Waals surface area contributed by atoms with Crippen molar-refractivity contribution in [1.82, 2.24) is 20.3 Å². The van der Waals surface area contributed by atoms with E-state index in [0.717, 1.165) is 12.1 Å². The SMILES string of the molecule is O=C(Nc1cncnc1)N[C@]1(c2ccc(OC(F)(F)F)c(F)c2)CCOc2cccnc21. The molecule has 0 saturated carbocycles. The Morgan fingerprint density at radius 1 is 1.19 bits per heavy atom. The maximum atomic E-state index is 14.5. The van der Waals surface area contributed by atoms with Gasteiger partial charge in [-0.05, 0) is 29.8 Å². The van der Waals surface area contributed by atoms with Crippen LogP contribution in [0.15, 0.2) is 55.2 Å². The van der Waals surface area contributed by atoms with Gasteiger partial charge in [0.05, 0.1) is 24.7 Å². The van der Waals surface area contributed by atoms with E-state index < -0.39 is 29.5 Å². The fraction of sp³-hybridized carbons (Fsp3) is 0.200. The third-order valence-corrected chi connectivity index (χ3v) is 4.71. The smallest absolute Gasteiger partial charge is 0.491 e. The highest BCUT2D eigenvalue weighted by molar-refractivity contribution is 5.90. The molecule has 0 spiro atoms. The molecule has 3 aromatic rings. The van der Waals surface area contributed by atoms with Gasteiger partial charge >= 0.3 is 12.4 Å².